The molecule has 110 valence electrons. The molecule has 2 rings (SSSR count). The highest BCUT2D eigenvalue weighted by atomic mass is 127. The zero-order valence-electron chi connectivity index (χ0n) is 11.7. The fourth-order valence-electron chi connectivity index (χ4n) is 1.82. The Kier molecular flexibility index (Phi) is 5.58. The average Bonchev–Trinajstić information content (AvgIpc) is 2.48. The Bertz CT molecular complexity index is 627. The van der Waals surface area contributed by atoms with Crippen molar-refractivity contribution in [3.8, 4) is 5.75 Å². The predicted octanol–water partition coefficient (Wildman–Crippen LogP) is 3.08. The third kappa shape index (κ3) is 4.71. The van der Waals surface area contributed by atoms with Crippen molar-refractivity contribution in [1.82, 2.24) is 0 Å². The smallest absolute Gasteiger partial charge is 0.262 e. The number of ether oxygens (including phenoxy) is 1. The molecule has 3 N–H and O–H groups in total. The lowest BCUT2D eigenvalue weighted by molar-refractivity contribution is -0.118. The van der Waals surface area contributed by atoms with Crippen molar-refractivity contribution in [2.45, 2.75) is 13.5 Å². The molecule has 0 bridgehead atoms. The first-order valence-electron chi connectivity index (χ1n) is 6.56. The molecule has 0 saturated heterocycles. The molecule has 0 radical (unpaired) electrons. The summed E-state index contributed by atoms with van der Waals surface area (Å²) in [6.45, 7) is 2.43. The Labute approximate surface area is 137 Å². The Morgan fingerprint density at radius 3 is 2.57 bits per heavy atom. The number of hydrogen-bond donors (Lipinski definition) is 2. The highest BCUT2D eigenvalue weighted by Gasteiger charge is 2.06. The summed E-state index contributed by atoms with van der Waals surface area (Å²) in [5.41, 5.74) is 8.39. The van der Waals surface area contributed by atoms with Gasteiger partial charge in [0.2, 0.25) is 0 Å². The van der Waals surface area contributed by atoms with Gasteiger partial charge in [0.1, 0.15) is 5.75 Å². The van der Waals surface area contributed by atoms with Gasteiger partial charge >= 0.3 is 0 Å². The zero-order valence-corrected chi connectivity index (χ0v) is 13.9. The minimum Gasteiger partial charge on any atom is -0.484 e. The normalized spacial score (nSPS) is 10.2. The number of nitrogens with one attached hydrogen (secondary N) is 1. The molecule has 0 unspecified atom stereocenters. The van der Waals surface area contributed by atoms with Gasteiger partial charge in [-0.3, -0.25) is 4.79 Å². The zero-order chi connectivity index (χ0) is 15.2. The Hall–Kier alpha value is -1.60. The van der Waals surface area contributed by atoms with Crippen LogP contribution in [0.5, 0.6) is 5.75 Å². The number of nitrogens with two attached hydrogens (primary N) is 1. The Balaban J connectivity index is 1.89. The van der Waals surface area contributed by atoms with Gasteiger partial charge in [-0.1, -0.05) is 12.1 Å². The summed E-state index contributed by atoms with van der Waals surface area (Å²) in [7, 11) is 0. The van der Waals surface area contributed by atoms with Crippen LogP contribution in [0.25, 0.3) is 0 Å². The molecule has 0 aliphatic heterocycles. The van der Waals surface area contributed by atoms with Crippen LogP contribution in [0, 0.1) is 10.5 Å². The molecule has 0 aliphatic rings. The largest absolute Gasteiger partial charge is 0.484 e. The number of anilines is 1. The van der Waals surface area contributed by atoms with E-state index in [1.165, 1.54) is 0 Å². The molecule has 0 aromatic heterocycles. The molecular weight excluding hydrogens is 379 g/mol. The van der Waals surface area contributed by atoms with Gasteiger partial charge in [-0.25, -0.2) is 0 Å². The van der Waals surface area contributed by atoms with E-state index in [0.717, 1.165) is 20.4 Å². The molecule has 0 fully saturated rings. The maximum Gasteiger partial charge on any atom is 0.262 e. The van der Waals surface area contributed by atoms with Crippen molar-refractivity contribution >= 4 is 34.2 Å². The number of benzene rings is 2. The fourth-order valence-corrected chi connectivity index (χ4v) is 2.47. The van der Waals surface area contributed by atoms with Crippen molar-refractivity contribution < 1.29 is 9.53 Å². The van der Waals surface area contributed by atoms with Crippen LogP contribution in [0.4, 0.5) is 5.69 Å². The second-order valence-electron chi connectivity index (χ2n) is 4.64. The molecule has 2 aromatic rings. The van der Waals surface area contributed by atoms with Crippen LogP contribution in [0.2, 0.25) is 0 Å². The Morgan fingerprint density at radius 2 is 1.95 bits per heavy atom. The minimum absolute atomic E-state index is 0.0204. The molecule has 0 aliphatic carbocycles. The van der Waals surface area contributed by atoms with Gasteiger partial charge in [-0.15, -0.1) is 0 Å². The minimum atomic E-state index is -0.179. The molecule has 0 spiro atoms. The van der Waals surface area contributed by atoms with Crippen LogP contribution in [0.3, 0.4) is 0 Å². The van der Waals surface area contributed by atoms with Gasteiger partial charge in [-0.2, -0.15) is 0 Å². The maximum absolute atomic E-state index is 11.9. The molecule has 5 heteroatoms. The van der Waals surface area contributed by atoms with Crippen LogP contribution >= 0.6 is 22.6 Å². The summed E-state index contributed by atoms with van der Waals surface area (Å²) in [6.07, 6.45) is 0. The molecule has 0 atom stereocenters. The van der Waals surface area contributed by atoms with E-state index < -0.39 is 0 Å². The Morgan fingerprint density at radius 1 is 1.24 bits per heavy atom. The van der Waals surface area contributed by atoms with E-state index in [2.05, 4.69) is 27.9 Å². The van der Waals surface area contributed by atoms with Crippen LogP contribution < -0.4 is 15.8 Å². The van der Waals surface area contributed by atoms with Crippen LogP contribution in [-0.4, -0.2) is 12.5 Å². The number of amides is 1. The summed E-state index contributed by atoms with van der Waals surface area (Å²) in [5, 5.41) is 2.84. The second kappa shape index (κ2) is 7.42. The standard InChI is InChI=1S/C16H17IN2O2/c1-11-8-13(17)4-7-15(11)19-16(20)10-21-14-5-2-12(9-18)3-6-14/h2-8H,9-10,18H2,1H3,(H,19,20). The summed E-state index contributed by atoms with van der Waals surface area (Å²) >= 11 is 2.24. The van der Waals surface area contributed by atoms with Crippen LogP contribution in [0.15, 0.2) is 42.5 Å². The fraction of sp³-hybridized carbons (Fsp3) is 0.188. The van der Waals surface area contributed by atoms with Gasteiger partial charge < -0.3 is 15.8 Å². The first kappa shape index (κ1) is 15.8. The van der Waals surface area contributed by atoms with Gasteiger partial charge in [0.15, 0.2) is 6.61 Å². The number of carbonyl (C=O) groups excluding carboxylic acids is 1. The molecule has 0 saturated carbocycles. The van der Waals surface area contributed by atoms with E-state index in [-0.39, 0.29) is 12.5 Å². The van der Waals surface area contributed by atoms with Crippen LogP contribution in [-0.2, 0) is 11.3 Å². The molecular formula is C16H17IN2O2. The van der Waals surface area contributed by atoms with Gasteiger partial charge in [0.25, 0.3) is 5.91 Å². The highest BCUT2D eigenvalue weighted by molar-refractivity contribution is 14.1. The number of halogens is 1. The maximum atomic E-state index is 11.9. The van der Waals surface area contributed by atoms with Crippen molar-refractivity contribution in [3.05, 3.63) is 57.2 Å². The molecule has 4 nitrogen and oxygen atoms in total. The lowest BCUT2D eigenvalue weighted by Gasteiger charge is -2.10. The molecule has 0 heterocycles. The quantitative estimate of drug-likeness (QED) is 0.764. The van der Waals surface area contributed by atoms with Crippen molar-refractivity contribution in [3.63, 3.8) is 0 Å². The second-order valence-corrected chi connectivity index (χ2v) is 5.89. The summed E-state index contributed by atoms with van der Waals surface area (Å²) < 4.78 is 6.59. The summed E-state index contributed by atoms with van der Waals surface area (Å²) in [4.78, 5) is 11.9. The van der Waals surface area contributed by atoms with E-state index in [9.17, 15) is 4.79 Å². The first-order chi connectivity index (χ1) is 10.1. The van der Waals surface area contributed by atoms with Crippen molar-refractivity contribution in [2.24, 2.45) is 5.73 Å². The highest BCUT2D eigenvalue weighted by Crippen LogP contribution is 2.18. The third-order valence-electron chi connectivity index (χ3n) is 2.99. The van der Waals surface area contributed by atoms with Crippen molar-refractivity contribution in [2.75, 3.05) is 11.9 Å². The third-order valence-corrected chi connectivity index (χ3v) is 3.66. The van der Waals surface area contributed by atoms with E-state index >= 15 is 0 Å². The van der Waals surface area contributed by atoms with E-state index in [4.69, 9.17) is 10.5 Å². The SMILES string of the molecule is Cc1cc(I)ccc1NC(=O)COc1ccc(CN)cc1. The lowest BCUT2D eigenvalue weighted by atomic mass is 10.2. The monoisotopic (exact) mass is 396 g/mol. The molecule has 21 heavy (non-hydrogen) atoms. The lowest BCUT2D eigenvalue weighted by Crippen LogP contribution is -2.20. The summed E-state index contributed by atoms with van der Waals surface area (Å²) in [6, 6.07) is 13.3. The summed E-state index contributed by atoms with van der Waals surface area (Å²) in [5.74, 6) is 0.476. The van der Waals surface area contributed by atoms with Crippen molar-refractivity contribution in [1.29, 1.82) is 0 Å². The van der Waals surface area contributed by atoms with Gasteiger partial charge in [-0.05, 0) is 71.0 Å². The number of aryl methyl sites for hydroxylation is 1. The molecule has 2 aromatic carbocycles. The van der Waals surface area contributed by atoms with Crippen LogP contribution in [0.1, 0.15) is 11.1 Å². The average molecular weight is 396 g/mol. The number of carbonyl (C=O) groups is 1. The number of hydrogen-bond acceptors (Lipinski definition) is 3. The molecule has 1 amide bonds. The van der Waals surface area contributed by atoms with E-state index in [0.29, 0.717) is 12.3 Å². The van der Waals surface area contributed by atoms with E-state index in [1.54, 1.807) is 0 Å². The van der Waals surface area contributed by atoms with Gasteiger partial charge in [0.05, 0.1) is 0 Å². The topological polar surface area (TPSA) is 64.3 Å². The van der Waals surface area contributed by atoms with Gasteiger partial charge in [0, 0.05) is 15.8 Å². The first-order valence-corrected chi connectivity index (χ1v) is 7.64. The van der Waals surface area contributed by atoms with E-state index in [1.807, 2.05) is 49.4 Å². The predicted molar refractivity (Wildman–Crippen MR) is 92.4 cm³/mol. The number of rotatable bonds is 5.